The van der Waals surface area contributed by atoms with Gasteiger partial charge in [-0.2, -0.15) is 0 Å². The molecule has 0 heterocycles. The molecule has 25 heteroatoms. The lowest BCUT2D eigenvalue weighted by Crippen LogP contribution is -2.51. The molecule has 6 rings (SSSR count). The Morgan fingerprint density at radius 2 is 1.02 bits per heavy atom. The standard InChI is InChI=1S/C33H38F2N2O8S.C29H33F2N3O6S/c1-20(38)23-14-24(16-28(15-23)46(6,42)43)31(40)36-29(13-22-10-25(34)17-26(35)11-22)30(39)19-37(32(41)45-33(2,3)4)18-21-8-7-9-27(12-21)44-5;1-18(34-40-3)21-12-22(14-26(13-21)41(4,37)38)29(36)33-27(11-20-8-23(30)15-24(31)9-20)28(35)17-32-16-19-6-5-7-25(10-19)39-2/h7-12,14-17,29-30,39H,13,18-19H2,1-6H3,(H,36,40);5-10,12-15,27-28,32,35H,11,16-17H2,1-4H3,(H,33,36)/b;34-18+/t29-,30+;27-,28+/m00/s1. The number of ketones is 1. The van der Waals surface area contributed by atoms with E-state index in [2.05, 4.69) is 21.1 Å². The van der Waals surface area contributed by atoms with E-state index >= 15 is 0 Å². The number of sulfone groups is 2. The molecule has 6 aromatic rings. The van der Waals surface area contributed by atoms with Crippen LogP contribution in [0.4, 0.5) is 22.4 Å². The number of oxime groups is 1. The largest absolute Gasteiger partial charge is 0.497 e. The number of methoxy groups -OCH3 is 2. The average molecular weight is 1250 g/mol. The van der Waals surface area contributed by atoms with E-state index < -0.39 is 103 Å². The zero-order chi connectivity index (χ0) is 64.6. The van der Waals surface area contributed by atoms with Crippen molar-refractivity contribution in [3.05, 3.63) is 189 Å². The summed E-state index contributed by atoms with van der Waals surface area (Å²) in [5, 5.41) is 34.8. The SMILES string of the molecule is CO/N=C(\C)c1cc(C(=O)N[C@@H](Cc2cc(F)cc(F)c2)[C@H](O)CNCc2cccc(OC)c2)cc(S(C)(=O)=O)c1.COc1cccc(CN(C[C@@H](O)[C@H](Cc2cc(F)cc(F)c2)NC(=O)c2cc(C(C)=O)cc(S(C)(=O)=O)c2)C(=O)OC(C)(C)C)c1. The van der Waals surface area contributed by atoms with Crippen LogP contribution in [0.5, 0.6) is 11.5 Å². The van der Waals surface area contributed by atoms with E-state index in [1.54, 1.807) is 65.1 Å². The van der Waals surface area contributed by atoms with Gasteiger partial charge in [-0.05, 0) is 155 Å². The molecule has 0 aromatic heterocycles. The molecule has 0 aliphatic heterocycles. The number of hydrogen-bond donors (Lipinski definition) is 5. The number of benzene rings is 6. The first kappa shape index (κ1) is 69.5. The van der Waals surface area contributed by atoms with Gasteiger partial charge in [-0.25, -0.2) is 39.2 Å². The molecule has 0 unspecified atom stereocenters. The normalized spacial score (nSPS) is 13.2. The second-order valence-electron chi connectivity index (χ2n) is 21.4. The fourth-order valence-corrected chi connectivity index (χ4v) is 10.1. The zero-order valence-corrected chi connectivity index (χ0v) is 51.2. The molecule has 87 heavy (non-hydrogen) atoms. The van der Waals surface area contributed by atoms with Crippen molar-refractivity contribution in [3.8, 4) is 11.5 Å². The van der Waals surface area contributed by atoms with E-state index in [1.165, 1.54) is 50.3 Å². The van der Waals surface area contributed by atoms with E-state index in [9.17, 15) is 63.8 Å². The highest BCUT2D eigenvalue weighted by molar-refractivity contribution is 7.91. The predicted octanol–water partition coefficient (Wildman–Crippen LogP) is 7.96. The topological polar surface area (TPSA) is 266 Å². The maximum absolute atomic E-state index is 14.1. The van der Waals surface area contributed by atoms with Gasteiger partial charge in [0.25, 0.3) is 11.8 Å². The Hall–Kier alpha value is -8.23. The van der Waals surface area contributed by atoms with E-state index in [-0.39, 0.29) is 63.5 Å². The Bertz CT molecular complexity index is 3660. The van der Waals surface area contributed by atoms with E-state index in [4.69, 9.17) is 19.0 Å². The van der Waals surface area contributed by atoms with Crippen molar-refractivity contribution in [1.29, 1.82) is 0 Å². The Morgan fingerprint density at radius 1 is 0.586 bits per heavy atom. The molecular weight excluding hydrogens is 1180 g/mol. The monoisotopic (exact) mass is 1250 g/mol. The Balaban J connectivity index is 0.000000319. The van der Waals surface area contributed by atoms with Crippen LogP contribution in [0.2, 0.25) is 0 Å². The van der Waals surface area contributed by atoms with Gasteiger partial charge in [0.2, 0.25) is 0 Å². The van der Waals surface area contributed by atoms with Crippen LogP contribution in [0.15, 0.2) is 136 Å². The molecular formula is C62H71F4N5O14S2. The number of carbonyl (C=O) groups is 4. The summed E-state index contributed by atoms with van der Waals surface area (Å²) in [7, 11) is -3.15. The molecule has 0 saturated heterocycles. The molecule has 4 atom stereocenters. The van der Waals surface area contributed by atoms with Crippen LogP contribution in [0.1, 0.15) is 93.5 Å². The van der Waals surface area contributed by atoms with Gasteiger partial charge < -0.3 is 50.1 Å². The van der Waals surface area contributed by atoms with E-state index in [0.717, 1.165) is 60.5 Å². The number of rotatable bonds is 25. The summed E-state index contributed by atoms with van der Waals surface area (Å²) >= 11 is 0. The highest BCUT2D eigenvalue weighted by Crippen LogP contribution is 2.23. The quantitative estimate of drug-likeness (QED) is 0.0158. The second kappa shape index (κ2) is 30.9. The smallest absolute Gasteiger partial charge is 0.410 e. The van der Waals surface area contributed by atoms with Crippen molar-refractivity contribution in [3.63, 3.8) is 0 Å². The minimum Gasteiger partial charge on any atom is -0.497 e. The molecule has 0 fully saturated rings. The molecule has 0 saturated carbocycles. The van der Waals surface area contributed by atoms with Crippen LogP contribution in [0.3, 0.4) is 0 Å². The summed E-state index contributed by atoms with van der Waals surface area (Å²) < 4.78 is 121. The third kappa shape index (κ3) is 22.2. The van der Waals surface area contributed by atoms with Crippen LogP contribution < -0.4 is 25.4 Å². The maximum atomic E-state index is 14.1. The summed E-state index contributed by atoms with van der Waals surface area (Å²) in [6, 6.07) is 25.1. The molecule has 19 nitrogen and oxygen atoms in total. The van der Waals surface area contributed by atoms with Gasteiger partial charge in [-0.15, -0.1) is 0 Å². The summed E-state index contributed by atoms with van der Waals surface area (Å²) in [6.07, 6.45) is -1.95. The lowest BCUT2D eigenvalue weighted by atomic mass is 9.99. The minimum absolute atomic E-state index is 0.0134. The van der Waals surface area contributed by atoms with Crippen molar-refractivity contribution in [2.75, 3.05) is 46.9 Å². The van der Waals surface area contributed by atoms with Crippen molar-refractivity contribution in [2.24, 2.45) is 5.16 Å². The molecule has 5 N–H and O–H groups in total. The number of Topliss-reactive ketones (excluding diaryl/α,β-unsaturated/α-hetero) is 1. The number of nitrogens with zero attached hydrogens (tertiary/aromatic N) is 2. The molecule has 6 aromatic carbocycles. The molecule has 0 radical (unpaired) electrons. The van der Waals surface area contributed by atoms with Gasteiger partial charge >= 0.3 is 6.09 Å². The average Bonchev–Trinajstić information content (AvgIpc) is 1.91. The fourth-order valence-electron chi connectivity index (χ4n) is 8.69. The number of halogens is 4. The summed E-state index contributed by atoms with van der Waals surface area (Å²) in [6.45, 7) is 7.79. The van der Waals surface area contributed by atoms with Gasteiger partial charge in [0.1, 0.15) is 47.5 Å². The number of amides is 3. The van der Waals surface area contributed by atoms with Crippen LogP contribution in [0, 0.1) is 23.3 Å². The minimum atomic E-state index is -3.83. The van der Waals surface area contributed by atoms with E-state index in [1.807, 2.05) is 18.2 Å². The highest BCUT2D eigenvalue weighted by Gasteiger charge is 2.31. The lowest BCUT2D eigenvalue weighted by molar-refractivity contribution is 0.00835. The second-order valence-corrected chi connectivity index (χ2v) is 25.4. The molecule has 0 aliphatic carbocycles. The van der Waals surface area contributed by atoms with Crippen molar-refractivity contribution < 1.29 is 82.8 Å². The number of ether oxygens (including phenoxy) is 3. The van der Waals surface area contributed by atoms with Gasteiger partial charge in [-0.3, -0.25) is 14.4 Å². The first-order valence-electron chi connectivity index (χ1n) is 26.9. The van der Waals surface area contributed by atoms with Gasteiger partial charge in [0, 0.05) is 66.5 Å². The number of aliphatic hydroxyl groups is 2. The molecule has 0 aliphatic rings. The Morgan fingerprint density at radius 3 is 1.47 bits per heavy atom. The van der Waals surface area contributed by atoms with Crippen LogP contribution in [-0.2, 0) is 55.2 Å². The van der Waals surface area contributed by atoms with Gasteiger partial charge in [-0.1, -0.05) is 29.4 Å². The lowest BCUT2D eigenvalue weighted by Gasteiger charge is -2.32. The number of aliphatic hydroxyl groups excluding tert-OH is 2. The Kier molecular flexibility index (Phi) is 24.7. The summed E-state index contributed by atoms with van der Waals surface area (Å²) in [4.78, 5) is 57.9. The number of carbonyl (C=O) groups excluding carboxylic acids is 4. The molecule has 3 amide bonds. The van der Waals surface area contributed by atoms with Gasteiger partial charge in [0.15, 0.2) is 25.5 Å². The van der Waals surface area contributed by atoms with Crippen LogP contribution >= 0.6 is 0 Å². The zero-order valence-electron chi connectivity index (χ0n) is 49.6. The third-order valence-corrected chi connectivity index (χ3v) is 15.1. The molecule has 0 bridgehead atoms. The van der Waals surface area contributed by atoms with Gasteiger partial charge in [0.05, 0.1) is 60.6 Å². The summed E-state index contributed by atoms with van der Waals surface area (Å²) in [5.41, 5.74) is 1.37. The van der Waals surface area contributed by atoms with Crippen molar-refractivity contribution in [2.45, 2.75) is 100 Å². The van der Waals surface area contributed by atoms with Crippen LogP contribution in [-0.4, -0.2) is 138 Å². The van der Waals surface area contributed by atoms with Crippen molar-refractivity contribution >= 4 is 49.1 Å². The molecule has 0 spiro atoms. The highest BCUT2D eigenvalue weighted by atomic mass is 32.2. The van der Waals surface area contributed by atoms with E-state index in [0.29, 0.717) is 40.9 Å². The predicted molar refractivity (Wildman–Crippen MR) is 317 cm³/mol. The maximum Gasteiger partial charge on any atom is 0.410 e. The first-order chi connectivity index (χ1) is 40.7. The van der Waals surface area contributed by atoms with Crippen LogP contribution in [0.25, 0.3) is 0 Å². The number of hydrogen-bond acceptors (Lipinski definition) is 16. The molecule has 468 valence electrons. The Labute approximate surface area is 503 Å². The third-order valence-electron chi connectivity index (χ3n) is 12.9. The summed E-state index contributed by atoms with van der Waals surface area (Å²) in [5.74, 6) is -4.21. The fraction of sp³-hybridized carbons (Fsp3) is 0.339. The first-order valence-corrected chi connectivity index (χ1v) is 30.6. The van der Waals surface area contributed by atoms with Crippen molar-refractivity contribution in [1.82, 2.24) is 20.9 Å². The number of nitrogens with one attached hydrogen (secondary N) is 3.